The van der Waals surface area contributed by atoms with Gasteiger partial charge in [0.2, 0.25) is 0 Å². The Kier molecular flexibility index (Phi) is 5.36. The quantitative estimate of drug-likeness (QED) is 0.463. The van der Waals surface area contributed by atoms with Gasteiger partial charge in [-0.1, -0.05) is 12.8 Å². The number of aliphatic hydroxyl groups is 2. The molecule has 0 radical (unpaired) electrons. The number of aliphatic carboxylic acids is 1. The monoisotopic (exact) mass is 260 g/mol. The van der Waals surface area contributed by atoms with Gasteiger partial charge in [0.1, 0.15) is 0 Å². The summed E-state index contributed by atoms with van der Waals surface area (Å²) < 4.78 is 0. The van der Waals surface area contributed by atoms with Crippen molar-refractivity contribution in [1.82, 2.24) is 10.6 Å². The van der Waals surface area contributed by atoms with Gasteiger partial charge in [-0.25, -0.2) is 9.59 Å². The van der Waals surface area contributed by atoms with Gasteiger partial charge in [-0.2, -0.15) is 0 Å². The van der Waals surface area contributed by atoms with Crippen molar-refractivity contribution in [2.24, 2.45) is 0 Å². The Morgan fingerprint density at radius 1 is 1.28 bits per heavy atom. The Balaban J connectivity index is 2.47. The van der Waals surface area contributed by atoms with Crippen LogP contribution in [0.3, 0.4) is 0 Å². The third-order valence-corrected chi connectivity index (χ3v) is 3.08. The van der Waals surface area contributed by atoms with Gasteiger partial charge in [-0.15, -0.1) is 0 Å². The Morgan fingerprint density at radius 2 is 1.89 bits per heavy atom. The van der Waals surface area contributed by atoms with Crippen molar-refractivity contribution in [3.8, 4) is 0 Å². The maximum absolute atomic E-state index is 11.6. The topological polar surface area (TPSA) is 119 Å². The van der Waals surface area contributed by atoms with Crippen LogP contribution in [-0.2, 0) is 4.79 Å². The van der Waals surface area contributed by atoms with E-state index in [0.29, 0.717) is 12.8 Å². The molecule has 0 aromatic heterocycles. The molecule has 5 N–H and O–H groups in total. The number of carbonyl (C=O) groups is 2. The molecule has 7 heteroatoms. The molecular formula is C11H20N2O5. The van der Waals surface area contributed by atoms with E-state index >= 15 is 0 Å². The van der Waals surface area contributed by atoms with Crippen molar-refractivity contribution in [2.45, 2.75) is 56.9 Å². The number of carboxylic acid groups (broad SMARTS) is 1. The van der Waals surface area contributed by atoms with E-state index in [4.69, 9.17) is 5.11 Å². The highest BCUT2D eigenvalue weighted by atomic mass is 16.4. The third kappa shape index (κ3) is 4.15. The van der Waals surface area contributed by atoms with E-state index in [0.717, 1.165) is 12.8 Å². The Bertz CT molecular complexity index is 308. The van der Waals surface area contributed by atoms with Crippen LogP contribution in [-0.4, -0.2) is 51.6 Å². The van der Waals surface area contributed by atoms with Gasteiger partial charge in [0, 0.05) is 0 Å². The van der Waals surface area contributed by atoms with Crippen LogP contribution in [0.25, 0.3) is 0 Å². The number of nitrogens with one attached hydrogen (secondary N) is 2. The molecule has 2 amide bonds. The summed E-state index contributed by atoms with van der Waals surface area (Å²) >= 11 is 0. The van der Waals surface area contributed by atoms with Gasteiger partial charge in [-0.05, 0) is 19.8 Å². The molecule has 0 aromatic rings. The second kappa shape index (κ2) is 6.55. The molecule has 2 unspecified atom stereocenters. The molecule has 1 aliphatic rings. The first-order chi connectivity index (χ1) is 8.41. The van der Waals surface area contributed by atoms with Crippen molar-refractivity contribution >= 4 is 12.0 Å². The summed E-state index contributed by atoms with van der Waals surface area (Å²) in [4.78, 5) is 22.3. The van der Waals surface area contributed by atoms with Gasteiger partial charge in [0.25, 0.3) is 0 Å². The molecule has 1 rings (SSSR count). The zero-order valence-electron chi connectivity index (χ0n) is 10.3. The van der Waals surface area contributed by atoms with Crippen LogP contribution in [0.4, 0.5) is 4.79 Å². The van der Waals surface area contributed by atoms with Crippen LogP contribution in [0.1, 0.15) is 32.6 Å². The van der Waals surface area contributed by atoms with E-state index in [1.54, 1.807) is 0 Å². The highest BCUT2D eigenvalue weighted by Crippen LogP contribution is 2.18. The molecule has 0 heterocycles. The lowest BCUT2D eigenvalue weighted by Gasteiger charge is -2.29. The van der Waals surface area contributed by atoms with Crippen LogP contribution in [0.2, 0.25) is 0 Å². The molecule has 0 saturated heterocycles. The van der Waals surface area contributed by atoms with E-state index in [9.17, 15) is 19.8 Å². The van der Waals surface area contributed by atoms with Crippen LogP contribution in [0.15, 0.2) is 0 Å². The lowest BCUT2D eigenvalue weighted by Crippen LogP contribution is -2.55. The van der Waals surface area contributed by atoms with Gasteiger partial charge >= 0.3 is 12.0 Å². The predicted octanol–water partition coefficient (Wildman–Crippen LogP) is -0.577. The van der Waals surface area contributed by atoms with Crippen molar-refractivity contribution in [3.05, 3.63) is 0 Å². The van der Waals surface area contributed by atoms with Crippen LogP contribution >= 0.6 is 0 Å². The Hall–Kier alpha value is -1.34. The molecule has 104 valence electrons. The number of urea groups is 1. The van der Waals surface area contributed by atoms with Crippen molar-refractivity contribution < 1.29 is 24.9 Å². The second-order valence-electron chi connectivity index (χ2n) is 4.63. The van der Waals surface area contributed by atoms with E-state index in [1.807, 2.05) is 0 Å². The summed E-state index contributed by atoms with van der Waals surface area (Å²) in [5.41, 5.74) is 0. The van der Waals surface area contributed by atoms with Crippen molar-refractivity contribution in [3.63, 3.8) is 0 Å². The zero-order valence-corrected chi connectivity index (χ0v) is 10.3. The standard InChI is InChI=1S/C11H20N2O5/c1-6(14)9(10(16)17)13-11(18)12-7-4-2-3-5-8(7)15/h6-9,14-15H,2-5H2,1H3,(H,16,17)(H2,12,13,18)/t6-,7?,8?,9+/m1/s1. The van der Waals surface area contributed by atoms with Crippen molar-refractivity contribution in [1.29, 1.82) is 0 Å². The summed E-state index contributed by atoms with van der Waals surface area (Å²) in [5.74, 6) is -1.30. The van der Waals surface area contributed by atoms with E-state index in [2.05, 4.69) is 10.6 Å². The minimum absolute atomic E-state index is 0.359. The van der Waals surface area contributed by atoms with Crippen LogP contribution in [0.5, 0.6) is 0 Å². The molecule has 0 spiro atoms. The average Bonchev–Trinajstić information content (AvgIpc) is 2.28. The molecule has 1 aliphatic carbocycles. The second-order valence-corrected chi connectivity index (χ2v) is 4.63. The number of hydrogen-bond acceptors (Lipinski definition) is 4. The number of amides is 2. The average molecular weight is 260 g/mol. The highest BCUT2D eigenvalue weighted by Gasteiger charge is 2.28. The smallest absolute Gasteiger partial charge is 0.328 e. The fourth-order valence-corrected chi connectivity index (χ4v) is 2.02. The molecule has 0 aliphatic heterocycles. The summed E-state index contributed by atoms with van der Waals surface area (Å²) in [5, 5.41) is 32.4. The molecule has 18 heavy (non-hydrogen) atoms. The maximum atomic E-state index is 11.6. The number of rotatable bonds is 4. The maximum Gasteiger partial charge on any atom is 0.328 e. The largest absolute Gasteiger partial charge is 0.480 e. The SMILES string of the molecule is C[C@@H](O)[C@H](NC(=O)NC1CCCCC1O)C(=O)O. The molecule has 0 aromatic carbocycles. The lowest BCUT2D eigenvalue weighted by atomic mass is 9.93. The fraction of sp³-hybridized carbons (Fsp3) is 0.818. The fourth-order valence-electron chi connectivity index (χ4n) is 2.02. The summed E-state index contributed by atoms with van der Waals surface area (Å²) in [7, 11) is 0. The molecule has 7 nitrogen and oxygen atoms in total. The van der Waals surface area contributed by atoms with E-state index in [-0.39, 0.29) is 6.04 Å². The van der Waals surface area contributed by atoms with Gasteiger partial charge in [0.05, 0.1) is 18.2 Å². The van der Waals surface area contributed by atoms with Crippen LogP contribution in [0, 0.1) is 0 Å². The number of carboxylic acids is 1. The van der Waals surface area contributed by atoms with Gasteiger partial charge in [0.15, 0.2) is 6.04 Å². The minimum Gasteiger partial charge on any atom is -0.480 e. The Morgan fingerprint density at radius 3 is 2.39 bits per heavy atom. The molecular weight excluding hydrogens is 240 g/mol. The van der Waals surface area contributed by atoms with Crippen LogP contribution < -0.4 is 10.6 Å². The van der Waals surface area contributed by atoms with Crippen molar-refractivity contribution in [2.75, 3.05) is 0 Å². The lowest BCUT2D eigenvalue weighted by molar-refractivity contribution is -0.141. The predicted molar refractivity (Wildman–Crippen MR) is 63.0 cm³/mol. The van der Waals surface area contributed by atoms with Gasteiger partial charge < -0.3 is 26.0 Å². The van der Waals surface area contributed by atoms with E-state index in [1.165, 1.54) is 6.92 Å². The van der Waals surface area contributed by atoms with Gasteiger partial charge in [-0.3, -0.25) is 0 Å². The highest BCUT2D eigenvalue weighted by molar-refractivity contribution is 5.83. The van der Waals surface area contributed by atoms with E-state index < -0.39 is 30.3 Å². The first-order valence-corrected chi connectivity index (χ1v) is 6.07. The summed E-state index contributed by atoms with van der Waals surface area (Å²) in [6, 6.07) is -2.40. The summed E-state index contributed by atoms with van der Waals surface area (Å²) in [6.45, 7) is 1.29. The minimum atomic E-state index is -1.36. The first kappa shape index (κ1) is 14.7. The molecule has 4 atom stereocenters. The zero-order chi connectivity index (χ0) is 13.7. The molecule has 1 saturated carbocycles. The first-order valence-electron chi connectivity index (χ1n) is 6.07. The normalized spacial score (nSPS) is 27.1. The summed E-state index contributed by atoms with van der Waals surface area (Å²) in [6.07, 6.45) is 1.35. The third-order valence-electron chi connectivity index (χ3n) is 3.08. The number of aliphatic hydroxyl groups excluding tert-OH is 2. The number of hydrogen-bond donors (Lipinski definition) is 5. The molecule has 0 bridgehead atoms. The molecule has 1 fully saturated rings. The number of carbonyl (C=O) groups excluding carboxylic acids is 1. The Labute approximate surface area is 105 Å².